The predicted molar refractivity (Wildman–Crippen MR) is 80.8 cm³/mol. The van der Waals surface area contributed by atoms with Crippen LogP contribution in [0.3, 0.4) is 0 Å². The molecule has 106 valence electrons. The van der Waals surface area contributed by atoms with Gasteiger partial charge in [-0.2, -0.15) is 0 Å². The van der Waals surface area contributed by atoms with Crippen LogP contribution >= 0.6 is 11.8 Å². The molecule has 19 heavy (non-hydrogen) atoms. The number of halogens is 1. The number of benzene rings is 1. The lowest BCUT2D eigenvalue weighted by atomic mass is 10.2. The summed E-state index contributed by atoms with van der Waals surface area (Å²) in [6, 6.07) is 4.19. The zero-order valence-electron chi connectivity index (χ0n) is 11.6. The SMILES string of the molecule is CC(C)CCSC(C)C(=O)Nc1ccc(F)c(N)c1. The molecule has 5 heteroatoms. The van der Waals surface area contributed by atoms with Crippen LogP contribution in [0.1, 0.15) is 27.2 Å². The quantitative estimate of drug-likeness (QED) is 0.786. The van der Waals surface area contributed by atoms with Gasteiger partial charge in [-0.15, -0.1) is 11.8 Å². The van der Waals surface area contributed by atoms with Gasteiger partial charge in [0.25, 0.3) is 0 Å². The van der Waals surface area contributed by atoms with Gasteiger partial charge in [-0.3, -0.25) is 4.79 Å². The van der Waals surface area contributed by atoms with Crippen molar-refractivity contribution in [2.24, 2.45) is 5.92 Å². The number of rotatable bonds is 6. The van der Waals surface area contributed by atoms with Crippen molar-refractivity contribution in [1.29, 1.82) is 0 Å². The number of hydrogen-bond acceptors (Lipinski definition) is 3. The minimum atomic E-state index is -0.475. The van der Waals surface area contributed by atoms with Crippen LogP contribution in [0.25, 0.3) is 0 Å². The van der Waals surface area contributed by atoms with E-state index >= 15 is 0 Å². The third-order valence-electron chi connectivity index (χ3n) is 2.70. The van der Waals surface area contributed by atoms with E-state index in [4.69, 9.17) is 5.73 Å². The summed E-state index contributed by atoms with van der Waals surface area (Å²) in [6.07, 6.45) is 1.09. The minimum Gasteiger partial charge on any atom is -0.396 e. The Kier molecular flexibility index (Phi) is 6.15. The number of nitrogens with two attached hydrogens (primary N) is 1. The summed E-state index contributed by atoms with van der Waals surface area (Å²) in [7, 11) is 0. The zero-order chi connectivity index (χ0) is 14.4. The molecule has 0 bridgehead atoms. The molecule has 1 atom stereocenters. The fraction of sp³-hybridized carbons (Fsp3) is 0.500. The van der Waals surface area contributed by atoms with E-state index in [1.165, 1.54) is 18.2 Å². The lowest BCUT2D eigenvalue weighted by molar-refractivity contribution is -0.115. The number of thioether (sulfide) groups is 1. The molecule has 0 heterocycles. The first-order valence-corrected chi connectivity index (χ1v) is 7.42. The summed E-state index contributed by atoms with van der Waals surface area (Å²) in [5.41, 5.74) is 6.02. The second-order valence-electron chi connectivity index (χ2n) is 4.92. The van der Waals surface area contributed by atoms with Gasteiger partial charge in [0.1, 0.15) is 5.82 Å². The monoisotopic (exact) mass is 284 g/mol. The largest absolute Gasteiger partial charge is 0.396 e. The predicted octanol–water partition coefficient (Wildman–Crippen LogP) is 3.51. The maximum atomic E-state index is 13.0. The van der Waals surface area contributed by atoms with E-state index in [-0.39, 0.29) is 16.8 Å². The highest BCUT2D eigenvalue weighted by Gasteiger charge is 2.14. The van der Waals surface area contributed by atoms with Gasteiger partial charge in [0, 0.05) is 5.69 Å². The molecule has 0 saturated heterocycles. The van der Waals surface area contributed by atoms with Crippen molar-refractivity contribution in [3.8, 4) is 0 Å². The molecule has 0 fully saturated rings. The van der Waals surface area contributed by atoms with Crippen LogP contribution in [-0.4, -0.2) is 16.9 Å². The Hall–Kier alpha value is -1.23. The van der Waals surface area contributed by atoms with E-state index in [2.05, 4.69) is 19.2 Å². The van der Waals surface area contributed by atoms with Crippen molar-refractivity contribution in [1.82, 2.24) is 0 Å². The maximum Gasteiger partial charge on any atom is 0.237 e. The van der Waals surface area contributed by atoms with Crippen LogP contribution in [0.15, 0.2) is 18.2 Å². The number of anilines is 2. The van der Waals surface area contributed by atoms with Crippen LogP contribution < -0.4 is 11.1 Å². The van der Waals surface area contributed by atoms with Gasteiger partial charge in [0.2, 0.25) is 5.91 Å². The molecule has 0 aromatic heterocycles. The molecule has 1 aromatic carbocycles. The van der Waals surface area contributed by atoms with Gasteiger partial charge in [0.15, 0.2) is 0 Å². The topological polar surface area (TPSA) is 55.1 Å². The summed E-state index contributed by atoms with van der Waals surface area (Å²) < 4.78 is 13.0. The average Bonchev–Trinajstić information content (AvgIpc) is 2.33. The minimum absolute atomic E-state index is 0.0397. The second-order valence-corrected chi connectivity index (χ2v) is 6.37. The molecule has 1 rings (SSSR count). The van der Waals surface area contributed by atoms with Crippen molar-refractivity contribution >= 4 is 29.0 Å². The highest BCUT2D eigenvalue weighted by Crippen LogP contribution is 2.19. The lowest BCUT2D eigenvalue weighted by Crippen LogP contribution is -2.23. The zero-order valence-corrected chi connectivity index (χ0v) is 12.4. The van der Waals surface area contributed by atoms with Gasteiger partial charge < -0.3 is 11.1 Å². The molecular weight excluding hydrogens is 263 g/mol. The third kappa shape index (κ3) is 5.51. The molecule has 0 aliphatic heterocycles. The van der Waals surface area contributed by atoms with Gasteiger partial charge in [-0.05, 0) is 43.2 Å². The van der Waals surface area contributed by atoms with Gasteiger partial charge in [-0.25, -0.2) is 4.39 Å². The number of hydrogen-bond donors (Lipinski definition) is 2. The van der Waals surface area contributed by atoms with Gasteiger partial charge in [0.05, 0.1) is 10.9 Å². The molecule has 0 spiro atoms. The molecule has 0 aliphatic rings. The van der Waals surface area contributed by atoms with E-state index < -0.39 is 5.82 Å². The van der Waals surface area contributed by atoms with Crippen molar-refractivity contribution in [3.05, 3.63) is 24.0 Å². The Bertz CT molecular complexity index is 437. The van der Waals surface area contributed by atoms with E-state index in [0.717, 1.165) is 12.2 Å². The molecule has 0 saturated carbocycles. The normalized spacial score (nSPS) is 12.5. The highest BCUT2D eigenvalue weighted by molar-refractivity contribution is 8.00. The molecule has 1 aromatic rings. The molecule has 1 unspecified atom stereocenters. The van der Waals surface area contributed by atoms with Crippen molar-refractivity contribution < 1.29 is 9.18 Å². The van der Waals surface area contributed by atoms with Gasteiger partial charge in [-0.1, -0.05) is 13.8 Å². The fourth-order valence-corrected chi connectivity index (χ4v) is 2.59. The van der Waals surface area contributed by atoms with E-state index in [1.54, 1.807) is 11.8 Å². The Morgan fingerprint density at radius 1 is 1.42 bits per heavy atom. The standard InChI is InChI=1S/C14H21FN2OS/c1-9(2)6-7-19-10(3)14(18)17-11-4-5-12(15)13(16)8-11/h4-5,8-10H,6-7,16H2,1-3H3,(H,17,18). The van der Waals surface area contributed by atoms with Crippen molar-refractivity contribution in [2.75, 3.05) is 16.8 Å². The number of nitrogens with one attached hydrogen (secondary N) is 1. The molecule has 0 aliphatic carbocycles. The first-order valence-electron chi connectivity index (χ1n) is 6.37. The number of amides is 1. The van der Waals surface area contributed by atoms with Crippen LogP contribution in [0.4, 0.5) is 15.8 Å². The molecular formula is C14H21FN2OS. The van der Waals surface area contributed by atoms with E-state index in [0.29, 0.717) is 11.6 Å². The Morgan fingerprint density at radius 3 is 2.68 bits per heavy atom. The highest BCUT2D eigenvalue weighted by atomic mass is 32.2. The van der Waals surface area contributed by atoms with Crippen LogP contribution in [-0.2, 0) is 4.79 Å². The summed E-state index contributed by atoms with van der Waals surface area (Å²) in [5.74, 6) is 1.04. The number of carbonyl (C=O) groups is 1. The number of carbonyl (C=O) groups excluding carboxylic acids is 1. The Labute approximate surface area is 118 Å². The summed E-state index contributed by atoms with van der Waals surface area (Å²) in [5, 5.41) is 2.61. The number of nitrogen functional groups attached to an aromatic ring is 1. The summed E-state index contributed by atoms with van der Waals surface area (Å²) in [4.78, 5) is 11.9. The molecule has 3 nitrogen and oxygen atoms in total. The van der Waals surface area contributed by atoms with Crippen LogP contribution in [0, 0.1) is 11.7 Å². The molecule has 3 N–H and O–H groups in total. The third-order valence-corrected chi connectivity index (χ3v) is 3.88. The van der Waals surface area contributed by atoms with Crippen molar-refractivity contribution in [2.45, 2.75) is 32.4 Å². The van der Waals surface area contributed by atoms with E-state index in [9.17, 15) is 9.18 Å². The lowest BCUT2D eigenvalue weighted by Gasteiger charge is -2.13. The maximum absolute atomic E-state index is 13.0. The Morgan fingerprint density at radius 2 is 2.11 bits per heavy atom. The summed E-state index contributed by atoms with van der Waals surface area (Å²) in [6.45, 7) is 6.19. The van der Waals surface area contributed by atoms with Crippen molar-refractivity contribution in [3.63, 3.8) is 0 Å². The molecule has 1 amide bonds. The first kappa shape index (κ1) is 15.8. The van der Waals surface area contributed by atoms with Crippen LogP contribution in [0.2, 0.25) is 0 Å². The van der Waals surface area contributed by atoms with E-state index in [1.807, 2.05) is 6.92 Å². The average molecular weight is 284 g/mol. The first-order chi connectivity index (χ1) is 8.90. The summed E-state index contributed by atoms with van der Waals surface area (Å²) >= 11 is 1.62. The fourth-order valence-electron chi connectivity index (χ4n) is 1.42. The smallest absolute Gasteiger partial charge is 0.237 e. The second kappa shape index (κ2) is 7.38. The van der Waals surface area contributed by atoms with Crippen LogP contribution in [0.5, 0.6) is 0 Å². The molecule has 0 radical (unpaired) electrons. The van der Waals surface area contributed by atoms with Gasteiger partial charge >= 0.3 is 0 Å². The Balaban J connectivity index is 2.47.